The van der Waals surface area contributed by atoms with Crippen LogP contribution in [0.1, 0.15) is 51.2 Å². The highest BCUT2D eigenvalue weighted by Crippen LogP contribution is 2.33. The normalized spacial score (nSPS) is 15.7. The monoisotopic (exact) mass is 489 g/mol. The summed E-state index contributed by atoms with van der Waals surface area (Å²) in [5.74, 6) is -0.784. The molecule has 0 radical (unpaired) electrons. The molecule has 0 saturated carbocycles. The molecule has 192 valence electrons. The van der Waals surface area contributed by atoms with Crippen LogP contribution in [0, 0.1) is 5.41 Å². The number of nitrogens with zero attached hydrogens (tertiary/aromatic N) is 3. The van der Waals surface area contributed by atoms with Gasteiger partial charge >= 0.3 is 6.03 Å². The SMILES string of the molecule is CCCN1C(=O)N(CCC)C(=O)C(C)(C/C=C/N(CCc2ccccc2)CCc2ccccc2)C1=O. The van der Waals surface area contributed by atoms with Crippen molar-refractivity contribution in [2.24, 2.45) is 5.41 Å². The van der Waals surface area contributed by atoms with E-state index in [-0.39, 0.29) is 6.42 Å². The Bertz CT molecular complexity index is 964. The van der Waals surface area contributed by atoms with Crippen LogP contribution in [0.15, 0.2) is 72.9 Å². The first-order valence-electron chi connectivity index (χ1n) is 13.1. The van der Waals surface area contributed by atoms with Crippen molar-refractivity contribution in [1.82, 2.24) is 14.7 Å². The molecule has 0 aliphatic carbocycles. The van der Waals surface area contributed by atoms with Gasteiger partial charge < -0.3 is 4.90 Å². The van der Waals surface area contributed by atoms with Crippen LogP contribution in [0.5, 0.6) is 0 Å². The summed E-state index contributed by atoms with van der Waals surface area (Å²) in [5.41, 5.74) is 1.26. The fraction of sp³-hybridized carbons (Fsp3) is 0.433. The van der Waals surface area contributed by atoms with Gasteiger partial charge in [-0.1, -0.05) is 80.6 Å². The predicted molar refractivity (Wildman–Crippen MR) is 143 cm³/mol. The Balaban J connectivity index is 1.75. The Kier molecular flexibility index (Phi) is 9.86. The van der Waals surface area contributed by atoms with Crippen molar-refractivity contribution in [2.75, 3.05) is 26.2 Å². The zero-order chi connectivity index (χ0) is 26.0. The van der Waals surface area contributed by atoms with Gasteiger partial charge in [-0.15, -0.1) is 0 Å². The maximum Gasteiger partial charge on any atom is 0.333 e. The number of benzene rings is 2. The van der Waals surface area contributed by atoms with E-state index < -0.39 is 23.3 Å². The lowest BCUT2D eigenvalue weighted by Crippen LogP contribution is -2.64. The fourth-order valence-corrected chi connectivity index (χ4v) is 4.56. The summed E-state index contributed by atoms with van der Waals surface area (Å²) in [4.78, 5) is 44.2. The summed E-state index contributed by atoms with van der Waals surface area (Å²) in [6.07, 6.45) is 7.31. The van der Waals surface area contributed by atoms with Gasteiger partial charge in [0.15, 0.2) is 0 Å². The lowest BCUT2D eigenvalue weighted by Gasteiger charge is -2.42. The van der Waals surface area contributed by atoms with E-state index in [9.17, 15) is 14.4 Å². The lowest BCUT2D eigenvalue weighted by atomic mass is 9.81. The van der Waals surface area contributed by atoms with Gasteiger partial charge in [0.1, 0.15) is 5.41 Å². The van der Waals surface area contributed by atoms with Crippen LogP contribution in [0.3, 0.4) is 0 Å². The number of rotatable bonds is 13. The summed E-state index contributed by atoms with van der Waals surface area (Å²) in [6.45, 7) is 7.84. The second-order valence-electron chi connectivity index (χ2n) is 9.62. The van der Waals surface area contributed by atoms with Gasteiger partial charge in [-0.2, -0.15) is 0 Å². The van der Waals surface area contributed by atoms with Crippen LogP contribution in [0.2, 0.25) is 0 Å². The molecule has 4 amide bonds. The third kappa shape index (κ3) is 6.62. The highest BCUT2D eigenvalue weighted by atomic mass is 16.2. The second-order valence-corrected chi connectivity index (χ2v) is 9.62. The van der Waals surface area contributed by atoms with Crippen molar-refractivity contribution in [1.29, 1.82) is 0 Å². The third-order valence-electron chi connectivity index (χ3n) is 6.69. The number of urea groups is 1. The molecule has 1 fully saturated rings. The Hall–Kier alpha value is -3.41. The molecule has 1 aliphatic heterocycles. The summed E-state index contributed by atoms with van der Waals surface area (Å²) >= 11 is 0. The van der Waals surface area contributed by atoms with Crippen molar-refractivity contribution in [2.45, 2.75) is 52.9 Å². The zero-order valence-electron chi connectivity index (χ0n) is 21.9. The number of carbonyl (C=O) groups is 3. The minimum atomic E-state index is -1.28. The van der Waals surface area contributed by atoms with Gasteiger partial charge in [0, 0.05) is 26.2 Å². The molecule has 36 heavy (non-hydrogen) atoms. The average molecular weight is 490 g/mol. The van der Waals surface area contributed by atoms with Gasteiger partial charge in [-0.25, -0.2) is 4.79 Å². The molecule has 0 atom stereocenters. The van der Waals surface area contributed by atoms with E-state index in [2.05, 4.69) is 29.2 Å². The summed E-state index contributed by atoms with van der Waals surface area (Å²) in [5, 5.41) is 0. The van der Waals surface area contributed by atoms with E-state index in [1.54, 1.807) is 6.92 Å². The molecule has 2 aromatic rings. The molecule has 0 spiro atoms. The molecule has 1 aliphatic rings. The maximum absolute atomic E-state index is 13.3. The summed E-state index contributed by atoms with van der Waals surface area (Å²) in [7, 11) is 0. The van der Waals surface area contributed by atoms with Crippen molar-refractivity contribution in [3.63, 3.8) is 0 Å². The Morgan fingerprint density at radius 2 is 1.19 bits per heavy atom. The number of allylic oxidation sites excluding steroid dienone is 1. The first-order chi connectivity index (χ1) is 17.4. The number of barbiturate groups is 1. The van der Waals surface area contributed by atoms with Crippen LogP contribution < -0.4 is 0 Å². The second kappa shape index (κ2) is 13.1. The molecule has 6 heteroatoms. The molecule has 0 aromatic heterocycles. The highest BCUT2D eigenvalue weighted by Gasteiger charge is 2.53. The fourth-order valence-electron chi connectivity index (χ4n) is 4.56. The van der Waals surface area contributed by atoms with Crippen LogP contribution in [0.25, 0.3) is 0 Å². The van der Waals surface area contributed by atoms with Crippen molar-refractivity contribution >= 4 is 17.8 Å². The zero-order valence-corrected chi connectivity index (χ0v) is 21.9. The van der Waals surface area contributed by atoms with Crippen molar-refractivity contribution < 1.29 is 14.4 Å². The van der Waals surface area contributed by atoms with Crippen LogP contribution in [-0.2, 0) is 22.4 Å². The summed E-state index contributed by atoms with van der Waals surface area (Å²) < 4.78 is 0. The number of hydrogen-bond donors (Lipinski definition) is 0. The quantitative estimate of drug-likeness (QED) is 0.359. The van der Waals surface area contributed by atoms with Crippen molar-refractivity contribution in [3.8, 4) is 0 Å². The van der Waals surface area contributed by atoms with Gasteiger partial charge in [-0.05, 0) is 56.4 Å². The van der Waals surface area contributed by atoms with Gasteiger partial charge in [0.2, 0.25) is 11.8 Å². The van der Waals surface area contributed by atoms with E-state index in [1.807, 2.05) is 62.5 Å². The summed E-state index contributed by atoms with van der Waals surface area (Å²) in [6, 6.07) is 20.2. The predicted octanol–water partition coefficient (Wildman–Crippen LogP) is 5.29. The third-order valence-corrected chi connectivity index (χ3v) is 6.69. The molecule has 1 heterocycles. The van der Waals surface area contributed by atoms with Crippen LogP contribution in [-0.4, -0.2) is 58.7 Å². The maximum atomic E-state index is 13.3. The molecular weight excluding hydrogens is 450 g/mol. The van der Waals surface area contributed by atoms with E-state index in [0.717, 1.165) is 25.9 Å². The smallest absolute Gasteiger partial charge is 0.333 e. The van der Waals surface area contributed by atoms with Gasteiger partial charge in [-0.3, -0.25) is 19.4 Å². The number of hydrogen-bond acceptors (Lipinski definition) is 4. The molecule has 1 saturated heterocycles. The minimum absolute atomic E-state index is 0.256. The number of amides is 4. The van der Waals surface area contributed by atoms with E-state index in [4.69, 9.17) is 0 Å². The first-order valence-corrected chi connectivity index (χ1v) is 13.1. The highest BCUT2D eigenvalue weighted by molar-refractivity contribution is 6.18. The minimum Gasteiger partial charge on any atom is -0.377 e. The molecule has 0 bridgehead atoms. The van der Waals surface area contributed by atoms with Gasteiger partial charge in [0.05, 0.1) is 0 Å². The van der Waals surface area contributed by atoms with E-state index in [0.29, 0.717) is 25.9 Å². The lowest BCUT2D eigenvalue weighted by molar-refractivity contribution is -0.157. The first kappa shape index (κ1) is 27.2. The largest absolute Gasteiger partial charge is 0.377 e. The van der Waals surface area contributed by atoms with E-state index in [1.165, 1.54) is 20.9 Å². The Morgan fingerprint density at radius 1 is 0.750 bits per heavy atom. The topological polar surface area (TPSA) is 60.9 Å². The number of carbonyl (C=O) groups excluding carboxylic acids is 3. The van der Waals surface area contributed by atoms with Crippen LogP contribution >= 0.6 is 0 Å². The molecule has 6 nitrogen and oxygen atoms in total. The Morgan fingerprint density at radius 3 is 1.61 bits per heavy atom. The Labute approximate surface area is 215 Å². The van der Waals surface area contributed by atoms with E-state index >= 15 is 0 Å². The molecular formula is C30H39N3O3. The van der Waals surface area contributed by atoms with Gasteiger partial charge in [0.25, 0.3) is 0 Å². The average Bonchev–Trinajstić information content (AvgIpc) is 2.90. The van der Waals surface area contributed by atoms with Crippen molar-refractivity contribution in [3.05, 3.63) is 84.1 Å². The van der Waals surface area contributed by atoms with Crippen LogP contribution in [0.4, 0.5) is 4.79 Å². The molecule has 0 N–H and O–H groups in total. The molecule has 2 aromatic carbocycles. The molecule has 3 rings (SSSR count). The number of imide groups is 2. The standard InChI is InChI=1S/C30H39N3O3/c1-4-20-32-27(34)30(3,28(35)33(21-5-2)29(32)36)19-12-22-31(23-17-25-13-8-6-9-14-25)24-18-26-15-10-7-11-16-26/h6-16,22H,4-5,17-21,23-24H2,1-3H3/b22-12+. The molecule has 0 unspecified atom stereocenters.